The fourth-order valence-electron chi connectivity index (χ4n) is 1.97. The van der Waals surface area contributed by atoms with E-state index < -0.39 is 0 Å². The quantitative estimate of drug-likeness (QED) is 0.615. The van der Waals surface area contributed by atoms with E-state index in [1.165, 1.54) is 10.8 Å². The molecule has 0 N–H and O–H groups in total. The first-order valence-electron chi connectivity index (χ1n) is 6.24. The zero-order chi connectivity index (χ0) is 13.2. The van der Waals surface area contributed by atoms with Gasteiger partial charge in [0.1, 0.15) is 10.0 Å². The van der Waals surface area contributed by atoms with Gasteiger partial charge in [-0.1, -0.05) is 70.6 Å². The Hall–Kier alpha value is -1.26. The standard InChI is InChI=1S/C15H13BrN2S/c1-2-13(16)15-18-17-14(19-15)12-8-7-10-5-3-4-6-11(10)9-12/h3-9,13H,2H2,1H3. The van der Waals surface area contributed by atoms with E-state index in [-0.39, 0.29) is 0 Å². The van der Waals surface area contributed by atoms with Gasteiger partial charge in [-0.05, 0) is 23.3 Å². The van der Waals surface area contributed by atoms with Gasteiger partial charge in [0.25, 0.3) is 0 Å². The SMILES string of the molecule is CCC(Br)c1nnc(-c2ccc3ccccc3c2)s1. The maximum atomic E-state index is 4.30. The first-order valence-corrected chi connectivity index (χ1v) is 7.98. The van der Waals surface area contributed by atoms with E-state index in [1.54, 1.807) is 11.3 Å². The van der Waals surface area contributed by atoms with Crippen molar-refractivity contribution in [2.75, 3.05) is 0 Å². The van der Waals surface area contributed by atoms with Crippen LogP contribution >= 0.6 is 27.3 Å². The molecule has 0 fully saturated rings. The lowest BCUT2D eigenvalue weighted by atomic mass is 10.1. The van der Waals surface area contributed by atoms with Gasteiger partial charge in [0.2, 0.25) is 0 Å². The minimum absolute atomic E-state index is 0.305. The van der Waals surface area contributed by atoms with E-state index in [0.29, 0.717) is 4.83 Å². The van der Waals surface area contributed by atoms with Crippen molar-refractivity contribution in [1.29, 1.82) is 0 Å². The fraction of sp³-hybridized carbons (Fsp3) is 0.200. The third kappa shape index (κ3) is 2.55. The summed E-state index contributed by atoms with van der Waals surface area (Å²) in [7, 11) is 0. The van der Waals surface area contributed by atoms with Crippen molar-refractivity contribution in [3.63, 3.8) is 0 Å². The lowest BCUT2D eigenvalue weighted by molar-refractivity contribution is 0.870. The van der Waals surface area contributed by atoms with Crippen LogP contribution in [0.1, 0.15) is 23.2 Å². The Kier molecular flexibility index (Phi) is 3.62. The highest BCUT2D eigenvalue weighted by Gasteiger charge is 2.12. The highest BCUT2D eigenvalue weighted by molar-refractivity contribution is 9.09. The molecular formula is C15H13BrN2S. The molecule has 0 aliphatic rings. The van der Waals surface area contributed by atoms with Crippen molar-refractivity contribution in [1.82, 2.24) is 10.2 Å². The van der Waals surface area contributed by atoms with Crippen molar-refractivity contribution in [3.05, 3.63) is 47.5 Å². The molecule has 0 saturated carbocycles. The van der Waals surface area contributed by atoms with Gasteiger partial charge < -0.3 is 0 Å². The molecule has 0 aliphatic carbocycles. The van der Waals surface area contributed by atoms with E-state index in [4.69, 9.17) is 0 Å². The van der Waals surface area contributed by atoms with Gasteiger partial charge in [0, 0.05) is 5.56 Å². The van der Waals surface area contributed by atoms with Gasteiger partial charge in [0.05, 0.1) is 4.83 Å². The second-order valence-electron chi connectivity index (χ2n) is 4.38. The van der Waals surface area contributed by atoms with Gasteiger partial charge >= 0.3 is 0 Å². The molecule has 0 saturated heterocycles. The Morgan fingerprint density at radius 3 is 2.68 bits per heavy atom. The monoisotopic (exact) mass is 332 g/mol. The van der Waals surface area contributed by atoms with Crippen LogP contribution < -0.4 is 0 Å². The molecule has 0 spiro atoms. The van der Waals surface area contributed by atoms with Crippen LogP contribution in [0.2, 0.25) is 0 Å². The summed E-state index contributed by atoms with van der Waals surface area (Å²) in [6.07, 6.45) is 1.02. The van der Waals surface area contributed by atoms with Crippen molar-refractivity contribution >= 4 is 38.0 Å². The van der Waals surface area contributed by atoms with E-state index in [0.717, 1.165) is 22.0 Å². The third-order valence-electron chi connectivity index (χ3n) is 3.06. The van der Waals surface area contributed by atoms with Crippen LogP contribution in [0.4, 0.5) is 0 Å². The van der Waals surface area contributed by atoms with Crippen LogP contribution in [0.5, 0.6) is 0 Å². The normalized spacial score (nSPS) is 12.7. The molecule has 0 amide bonds. The minimum atomic E-state index is 0.305. The molecule has 19 heavy (non-hydrogen) atoms. The maximum Gasteiger partial charge on any atom is 0.147 e. The Labute approximate surface area is 124 Å². The second-order valence-corrected chi connectivity index (χ2v) is 6.50. The van der Waals surface area contributed by atoms with E-state index in [9.17, 15) is 0 Å². The van der Waals surface area contributed by atoms with E-state index >= 15 is 0 Å². The molecule has 0 aliphatic heterocycles. The first-order chi connectivity index (χ1) is 9.28. The number of rotatable bonds is 3. The minimum Gasteiger partial charge on any atom is -0.142 e. The third-order valence-corrected chi connectivity index (χ3v) is 5.53. The van der Waals surface area contributed by atoms with Crippen LogP contribution in [0.15, 0.2) is 42.5 Å². The van der Waals surface area contributed by atoms with Crippen molar-refractivity contribution in [2.45, 2.75) is 18.2 Å². The number of aromatic nitrogens is 2. The number of alkyl halides is 1. The van der Waals surface area contributed by atoms with E-state index in [1.807, 2.05) is 0 Å². The first kappa shape index (κ1) is 12.8. The summed E-state index contributed by atoms with van der Waals surface area (Å²) in [5.74, 6) is 0. The largest absolute Gasteiger partial charge is 0.147 e. The van der Waals surface area contributed by atoms with Crippen LogP contribution in [0, 0.1) is 0 Å². The van der Waals surface area contributed by atoms with Crippen molar-refractivity contribution in [2.24, 2.45) is 0 Å². The van der Waals surface area contributed by atoms with E-state index in [2.05, 4.69) is 75.5 Å². The molecule has 1 atom stereocenters. The topological polar surface area (TPSA) is 25.8 Å². The molecule has 1 unspecified atom stereocenters. The number of hydrogen-bond donors (Lipinski definition) is 0. The fourth-order valence-corrected chi connectivity index (χ4v) is 3.25. The summed E-state index contributed by atoms with van der Waals surface area (Å²) in [5, 5.41) is 13.1. The Morgan fingerprint density at radius 1 is 1.11 bits per heavy atom. The van der Waals surface area contributed by atoms with Gasteiger partial charge in [-0.3, -0.25) is 0 Å². The molecule has 2 nitrogen and oxygen atoms in total. The summed E-state index contributed by atoms with van der Waals surface area (Å²) in [6, 6.07) is 14.8. The molecule has 96 valence electrons. The van der Waals surface area contributed by atoms with Gasteiger partial charge in [-0.15, -0.1) is 10.2 Å². The molecule has 0 radical (unpaired) electrons. The summed E-state index contributed by atoms with van der Waals surface area (Å²) < 4.78 is 0. The average Bonchev–Trinajstić information content (AvgIpc) is 2.95. The van der Waals surface area contributed by atoms with Gasteiger partial charge in [0.15, 0.2) is 0 Å². The summed E-state index contributed by atoms with van der Waals surface area (Å²) in [5.41, 5.74) is 1.14. The zero-order valence-electron chi connectivity index (χ0n) is 10.5. The summed E-state index contributed by atoms with van der Waals surface area (Å²) >= 11 is 5.28. The second kappa shape index (κ2) is 5.39. The smallest absolute Gasteiger partial charge is 0.142 e. The summed E-state index contributed by atoms with van der Waals surface area (Å²) in [6.45, 7) is 2.14. The Morgan fingerprint density at radius 2 is 1.89 bits per heavy atom. The number of benzene rings is 2. The molecule has 1 aromatic heterocycles. The molecule has 3 aromatic rings. The number of nitrogens with zero attached hydrogens (tertiary/aromatic N) is 2. The Bertz CT molecular complexity index is 708. The zero-order valence-corrected chi connectivity index (χ0v) is 12.9. The Balaban J connectivity index is 2.01. The molecule has 4 heteroatoms. The number of halogens is 1. The lowest BCUT2D eigenvalue weighted by Gasteiger charge is -2.00. The van der Waals surface area contributed by atoms with Crippen LogP contribution in [0.3, 0.4) is 0 Å². The number of hydrogen-bond acceptors (Lipinski definition) is 3. The van der Waals surface area contributed by atoms with Crippen molar-refractivity contribution in [3.8, 4) is 10.6 Å². The van der Waals surface area contributed by atoms with Crippen molar-refractivity contribution < 1.29 is 0 Å². The molecule has 1 heterocycles. The van der Waals surface area contributed by atoms with Gasteiger partial charge in [-0.25, -0.2) is 0 Å². The highest BCUT2D eigenvalue weighted by atomic mass is 79.9. The highest BCUT2D eigenvalue weighted by Crippen LogP contribution is 2.33. The molecular weight excluding hydrogens is 320 g/mol. The molecule has 0 bridgehead atoms. The molecule has 3 rings (SSSR count). The predicted octanol–water partition coefficient (Wildman–Crippen LogP) is 5.20. The maximum absolute atomic E-state index is 4.30. The van der Waals surface area contributed by atoms with Crippen LogP contribution in [-0.2, 0) is 0 Å². The average molecular weight is 333 g/mol. The summed E-state index contributed by atoms with van der Waals surface area (Å²) in [4.78, 5) is 0.305. The number of fused-ring (bicyclic) bond motifs is 1. The molecule has 2 aromatic carbocycles. The van der Waals surface area contributed by atoms with Crippen LogP contribution in [-0.4, -0.2) is 10.2 Å². The lowest BCUT2D eigenvalue weighted by Crippen LogP contribution is -1.84. The predicted molar refractivity (Wildman–Crippen MR) is 84.8 cm³/mol. The van der Waals surface area contributed by atoms with Crippen LogP contribution in [0.25, 0.3) is 21.3 Å². The van der Waals surface area contributed by atoms with Gasteiger partial charge in [-0.2, -0.15) is 0 Å².